The topological polar surface area (TPSA) is 57.6 Å². The lowest BCUT2D eigenvalue weighted by atomic mass is 9.96. The molecule has 1 aliphatic heterocycles. The Hall–Kier alpha value is -2.45. The molecule has 0 aliphatic carbocycles. The Balaban J connectivity index is 2.34. The first kappa shape index (κ1) is 25.8. The van der Waals surface area contributed by atoms with Crippen LogP contribution in [0.25, 0.3) is 6.08 Å². The fraction of sp³-hybridized carbons (Fsp3) is 0.412. The molecule has 0 unspecified atom stereocenters. The van der Waals surface area contributed by atoms with E-state index in [1.54, 1.807) is 0 Å². The monoisotopic (exact) mass is 499 g/mol. The zero-order chi connectivity index (χ0) is 24.7. The van der Waals surface area contributed by atoms with Crippen molar-refractivity contribution in [2.24, 2.45) is 0 Å². The second-order valence-corrected chi connectivity index (χ2v) is 7.77. The van der Waals surface area contributed by atoms with Crippen molar-refractivity contribution in [2.45, 2.75) is 37.0 Å². The molecule has 1 aromatic carbocycles. The predicted octanol–water partition coefficient (Wildman–Crippen LogP) is 6.06. The van der Waals surface area contributed by atoms with Crippen LogP contribution in [0.4, 0.5) is 48.7 Å². The van der Waals surface area contributed by atoms with Gasteiger partial charge in [-0.25, -0.2) is 4.39 Å². The summed E-state index contributed by atoms with van der Waals surface area (Å²) in [6.07, 6.45) is -20.3. The minimum atomic E-state index is -5.39. The number of halogens is 10. The largest absolute Gasteiger partial charge is 0.507 e. The number of alkyl halides is 10. The molecule has 1 N–H and O–H groups in total. The van der Waals surface area contributed by atoms with Gasteiger partial charge in [0.2, 0.25) is 0 Å². The van der Waals surface area contributed by atoms with Gasteiger partial charge >= 0.3 is 18.5 Å². The number of aromatic hydroxyl groups is 1. The number of carbonyl (C=O) groups is 2. The number of imide groups is 1. The minimum Gasteiger partial charge on any atom is -0.507 e. The van der Waals surface area contributed by atoms with Crippen LogP contribution < -0.4 is 0 Å². The number of carbonyl (C=O) groups excluding carboxylic acids is 2. The van der Waals surface area contributed by atoms with Crippen molar-refractivity contribution < 1.29 is 58.6 Å². The van der Waals surface area contributed by atoms with Gasteiger partial charge in [0.05, 0.1) is 29.9 Å². The Morgan fingerprint density at radius 2 is 1.44 bits per heavy atom. The highest BCUT2D eigenvalue weighted by Crippen LogP contribution is 2.42. The fourth-order valence-electron chi connectivity index (χ4n) is 2.83. The van der Waals surface area contributed by atoms with Crippen LogP contribution in [0.2, 0.25) is 0 Å². The van der Waals surface area contributed by atoms with Crippen molar-refractivity contribution in [2.75, 3.05) is 6.54 Å². The van der Waals surface area contributed by atoms with Gasteiger partial charge in [0, 0.05) is 0 Å². The molecule has 0 atom stereocenters. The van der Waals surface area contributed by atoms with E-state index in [9.17, 15) is 58.6 Å². The lowest BCUT2D eigenvalue weighted by Gasteiger charge is -2.30. The van der Waals surface area contributed by atoms with Crippen molar-refractivity contribution in [3.8, 4) is 5.75 Å². The van der Waals surface area contributed by atoms with Crippen LogP contribution >= 0.6 is 11.8 Å². The Morgan fingerprint density at radius 1 is 0.906 bits per heavy atom. The molecule has 0 saturated carbocycles. The van der Waals surface area contributed by atoms with Gasteiger partial charge in [-0.3, -0.25) is 14.5 Å². The molecule has 15 heteroatoms. The number of phenolic OH excluding ortho intramolecular Hbond substituents is 1. The summed E-state index contributed by atoms with van der Waals surface area (Å²) in [5.41, 5.74) is -5.93. The maximum atomic E-state index is 14.6. The summed E-state index contributed by atoms with van der Waals surface area (Å²) in [6, 6.07) is 1.93. The average Bonchev–Trinajstić information content (AvgIpc) is 2.79. The summed E-state index contributed by atoms with van der Waals surface area (Å²) in [5.74, 6) is -2.63. The number of benzene rings is 1. The van der Waals surface area contributed by atoms with E-state index in [4.69, 9.17) is 0 Å². The molecule has 4 nitrogen and oxygen atoms in total. The standard InChI is InChI=1S/C17H11F10NO3S/c18-14(5-15(19,20)21,6-16(22,23)24)7-28-12(30)11(32-13(28)31)4-8-1-2-10(29)9(3-8)17(25,26)27/h1-4,29H,5-7H2. The Labute approximate surface area is 176 Å². The number of nitrogens with zero attached hydrogens (tertiary/aromatic N) is 1. The van der Waals surface area contributed by atoms with E-state index >= 15 is 0 Å². The van der Waals surface area contributed by atoms with Crippen molar-refractivity contribution in [3.05, 3.63) is 34.2 Å². The quantitative estimate of drug-likeness (QED) is 0.395. The van der Waals surface area contributed by atoms with Crippen LogP contribution in [0, 0.1) is 0 Å². The fourth-order valence-corrected chi connectivity index (χ4v) is 3.67. The minimum absolute atomic E-state index is 0.00355. The molecular formula is C17H11F10NO3S. The van der Waals surface area contributed by atoms with Crippen LogP contribution in [0.1, 0.15) is 24.0 Å². The molecule has 178 valence electrons. The summed E-state index contributed by atoms with van der Waals surface area (Å²) < 4.78 is 129. The highest BCUT2D eigenvalue weighted by molar-refractivity contribution is 8.18. The third-order valence-corrected chi connectivity index (χ3v) is 4.88. The number of hydrogen-bond acceptors (Lipinski definition) is 4. The normalized spacial score (nSPS) is 17.6. The van der Waals surface area contributed by atoms with Gasteiger partial charge in [0.25, 0.3) is 11.1 Å². The van der Waals surface area contributed by atoms with Crippen LogP contribution in [-0.4, -0.2) is 45.7 Å². The first-order chi connectivity index (χ1) is 14.3. The first-order valence-corrected chi connectivity index (χ1v) is 9.09. The molecule has 0 aromatic heterocycles. The van der Waals surface area contributed by atoms with E-state index < -0.39 is 70.9 Å². The van der Waals surface area contributed by atoms with Gasteiger partial charge in [0.1, 0.15) is 11.4 Å². The average molecular weight is 499 g/mol. The first-order valence-electron chi connectivity index (χ1n) is 8.28. The molecule has 32 heavy (non-hydrogen) atoms. The van der Waals surface area contributed by atoms with Crippen molar-refractivity contribution in [1.29, 1.82) is 0 Å². The summed E-state index contributed by atoms with van der Waals surface area (Å²) in [5, 5.41) is 7.88. The molecule has 1 fully saturated rings. The Kier molecular flexibility index (Phi) is 6.84. The second-order valence-electron chi connectivity index (χ2n) is 6.78. The van der Waals surface area contributed by atoms with E-state index in [1.807, 2.05) is 0 Å². The van der Waals surface area contributed by atoms with E-state index in [0.717, 1.165) is 6.07 Å². The van der Waals surface area contributed by atoms with Gasteiger partial charge in [-0.05, 0) is 35.5 Å². The lowest BCUT2D eigenvalue weighted by Crippen LogP contribution is -2.47. The molecule has 0 radical (unpaired) electrons. The molecular weight excluding hydrogens is 488 g/mol. The summed E-state index contributed by atoms with van der Waals surface area (Å²) in [6.45, 7) is -1.86. The highest BCUT2D eigenvalue weighted by atomic mass is 32.2. The summed E-state index contributed by atoms with van der Waals surface area (Å²) >= 11 is -0.00355. The number of phenols is 1. The van der Waals surface area contributed by atoms with E-state index in [1.165, 1.54) is 0 Å². The molecule has 1 saturated heterocycles. The van der Waals surface area contributed by atoms with Crippen molar-refractivity contribution in [1.82, 2.24) is 4.90 Å². The third-order valence-electron chi connectivity index (χ3n) is 3.97. The molecule has 0 bridgehead atoms. The third kappa shape index (κ3) is 6.77. The SMILES string of the molecule is O=C1SC(=Cc2ccc(O)c(C(F)(F)F)c2)C(=O)N1CC(F)(CC(F)(F)F)CC(F)(F)F. The molecule has 0 spiro atoms. The van der Waals surface area contributed by atoms with Gasteiger partial charge in [-0.15, -0.1) is 0 Å². The van der Waals surface area contributed by atoms with Gasteiger partial charge in [-0.2, -0.15) is 39.5 Å². The van der Waals surface area contributed by atoms with E-state index in [-0.39, 0.29) is 22.2 Å². The van der Waals surface area contributed by atoms with Crippen molar-refractivity contribution >= 4 is 29.0 Å². The summed E-state index contributed by atoms with van der Waals surface area (Å²) in [7, 11) is 0. The maximum absolute atomic E-state index is 14.6. The summed E-state index contributed by atoms with van der Waals surface area (Å²) in [4.78, 5) is 23.4. The zero-order valence-corrected chi connectivity index (χ0v) is 16.1. The van der Waals surface area contributed by atoms with Crippen LogP contribution in [0.5, 0.6) is 5.75 Å². The highest BCUT2D eigenvalue weighted by Gasteiger charge is 2.53. The molecule has 2 rings (SSSR count). The number of thioether (sulfide) groups is 1. The Morgan fingerprint density at radius 3 is 1.91 bits per heavy atom. The smallest absolute Gasteiger partial charge is 0.419 e. The van der Waals surface area contributed by atoms with Crippen LogP contribution in [0.15, 0.2) is 23.1 Å². The van der Waals surface area contributed by atoms with Crippen LogP contribution in [0.3, 0.4) is 0 Å². The Bertz CT molecular complexity index is 920. The van der Waals surface area contributed by atoms with Gasteiger partial charge < -0.3 is 5.11 Å². The zero-order valence-electron chi connectivity index (χ0n) is 15.3. The molecule has 1 aliphatic rings. The molecule has 2 amide bonds. The van der Waals surface area contributed by atoms with Gasteiger partial charge in [0.15, 0.2) is 0 Å². The maximum Gasteiger partial charge on any atom is 0.419 e. The van der Waals surface area contributed by atoms with Crippen molar-refractivity contribution in [3.63, 3.8) is 0 Å². The lowest BCUT2D eigenvalue weighted by molar-refractivity contribution is -0.201. The number of rotatable bonds is 5. The van der Waals surface area contributed by atoms with E-state index in [0.29, 0.717) is 18.2 Å². The van der Waals surface area contributed by atoms with Gasteiger partial charge in [-0.1, -0.05) is 6.07 Å². The predicted molar refractivity (Wildman–Crippen MR) is 91.0 cm³/mol. The number of amides is 2. The number of hydrogen-bond donors (Lipinski definition) is 1. The molecule has 1 aromatic rings. The second kappa shape index (κ2) is 8.48. The van der Waals surface area contributed by atoms with Crippen LogP contribution in [-0.2, 0) is 11.0 Å². The molecule has 1 heterocycles. The van der Waals surface area contributed by atoms with E-state index in [2.05, 4.69) is 0 Å².